The summed E-state index contributed by atoms with van der Waals surface area (Å²) >= 11 is 0. The summed E-state index contributed by atoms with van der Waals surface area (Å²) in [6, 6.07) is 11.0. The first-order valence-corrected chi connectivity index (χ1v) is 11.7. The van der Waals surface area contributed by atoms with Crippen molar-refractivity contribution in [3.05, 3.63) is 71.7 Å². The molecule has 3 aromatic heterocycles. The summed E-state index contributed by atoms with van der Waals surface area (Å²) in [7, 11) is 2.96. The molecule has 0 bridgehead atoms. The number of nitrogens with zero attached hydrogens (tertiary/aromatic N) is 5. The Morgan fingerprint density at radius 1 is 1.16 bits per heavy atom. The fraction of sp³-hybridized carbons (Fsp3) is 0.259. The molecule has 0 aliphatic heterocycles. The lowest BCUT2D eigenvalue weighted by Crippen LogP contribution is -2.21. The Hall–Kier alpha value is -4.65. The minimum atomic E-state index is -0.652. The molecular formula is C27H26FN7O2. The zero-order valence-electron chi connectivity index (χ0n) is 20.9. The van der Waals surface area contributed by atoms with Gasteiger partial charge in [0.15, 0.2) is 17.3 Å². The highest BCUT2D eigenvalue weighted by molar-refractivity contribution is 6.06. The van der Waals surface area contributed by atoms with Crippen molar-refractivity contribution in [3.8, 4) is 23.1 Å². The molecule has 2 N–H and O–H groups in total. The van der Waals surface area contributed by atoms with Gasteiger partial charge in [0.25, 0.3) is 5.91 Å². The number of pyridine rings is 2. The summed E-state index contributed by atoms with van der Waals surface area (Å²) in [6.45, 7) is 4.76. The van der Waals surface area contributed by atoms with E-state index in [9.17, 15) is 9.18 Å². The van der Waals surface area contributed by atoms with E-state index in [0.717, 1.165) is 11.8 Å². The third-order valence-corrected chi connectivity index (χ3v) is 6.43. The third-order valence-electron chi connectivity index (χ3n) is 6.43. The van der Waals surface area contributed by atoms with Crippen LogP contribution in [0.15, 0.2) is 49.1 Å². The maximum absolute atomic E-state index is 14.4. The van der Waals surface area contributed by atoms with Gasteiger partial charge in [0.05, 0.1) is 30.1 Å². The van der Waals surface area contributed by atoms with Gasteiger partial charge in [0, 0.05) is 36.8 Å². The predicted octanol–water partition coefficient (Wildman–Crippen LogP) is 4.32. The lowest BCUT2D eigenvalue weighted by atomic mass is 9.87. The standard InChI is InChI=1S/C27H26FN7O2/c1-15(16(2)18-6-5-7-19-25(27(36)30-3)20(28)13-33-26(18)19)11-32-24-9-21(34-14-35-24)17-8-23(37-4)22(10-29)31-12-17/h5-9,12-16H,11H2,1-4H3,(H,30,36)(H,32,34,35). The van der Waals surface area contributed by atoms with Crippen LogP contribution in [0.25, 0.3) is 22.2 Å². The number of carbonyl (C=O) groups is 1. The minimum Gasteiger partial charge on any atom is -0.494 e. The number of rotatable bonds is 8. The van der Waals surface area contributed by atoms with Gasteiger partial charge in [-0.15, -0.1) is 0 Å². The Kier molecular flexibility index (Phi) is 7.53. The molecule has 1 amide bonds. The van der Waals surface area contributed by atoms with Crippen LogP contribution in [0.3, 0.4) is 0 Å². The number of ether oxygens (including phenoxy) is 1. The number of para-hydroxylation sites is 1. The Bertz CT molecular complexity index is 1500. The Morgan fingerprint density at radius 2 is 1.97 bits per heavy atom. The van der Waals surface area contributed by atoms with Crippen molar-refractivity contribution < 1.29 is 13.9 Å². The molecule has 4 rings (SSSR count). The summed E-state index contributed by atoms with van der Waals surface area (Å²) in [6.07, 6.45) is 4.13. The Morgan fingerprint density at radius 3 is 2.70 bits per heavy atom. The molecular weight excluding hydrogens is 473 g/mol. The lowest BCUT2D eigenvalue weighted by molar-refractivity contribution is 0.0960. The van der Waals surface area contributed by atoms with Crippen molar-refractivity contribution in [1.82, 2.24) is 25.3 Å². The maximum atomic E-state index is 14.4. The zero-order valence-corrected chi connectivity index (χ0v) is 20.9. The van der Waals surface area contributed by atoms with Crippen molar-refractivity contribution in [2.24, 2.45) is 5.92 Å². The van der Waals surface area contributed by atoms with Gasteiger partial charge >= 0.3 is 0 Å². The molecule has 4 aromatic rings. The van der Waals surface area contributed by atoms with E-state index in [1.807, 2.05) is 18.2 Å². The van der Waals surface area contributed by atoms with Crippen LogP contribution < -0.4 is 15.4 Å². The number of methoxy groups -OCH3 is 1. The lowest BCUT2D eigenvalue weighted by Gasteiger charge is -2.22. The van der Waals surface area contributed by atoms with E-state index >= 15 is 0 Å². The van der Waals surface area contributed by atoms with Crippen molar-refractivity contribution in [2.45, 2.75) is 19.8 Å². The first-order chi connectivity index (χ1) is 17.9. The van der Waals surface area contributed by atoms with Crippen LogP contribution in [-0.2, 0) is 0 Å². The molecule has 0 radical (unpaired) electrons. The number of amides is 1. The second-order valence-corrected chi connectivity index (χ2v) is 8.63. The number of fused-ring (bicyclic) bond motifs is 1. The number of aromatic nitrogens is 4. The van der Waals surface area contributed by atoms with Gasteiger partial charge in [-0.05, 0) is 23.5 Å². The van der Waals surface area contributed by atoms with Gasteiger partial charge in [0.1, 0.15) is 18.2 Å². The molecule has 0 aliphatic rings. The van der Waals surface area contributed by atoms with Crippen LogP contribution in [0.5, 0.6) is 5.75 Å². The molecule has 0 spiro atoms. The molecule has 10 heteroatoms. The SMILES string of the molecule is CNC(=O)c1c(F)cnc2c(C(C)C(C)CNc3cc(-c4cnc(C#N)c(OC)c4)ncn3)cccc12. The first-order valence-electron chi connectivity index (χ1n) is 11.7. The van der Waals surface area contributed by atoms with Gasteiger partial charge in [-0.2, -0.15) is 5.26 Å². The van der Waals surface area contributed by atoms with Gasteiger partial charge in [-0.3, -0.25) is 9.78 Å². The maximum Gasteiger partial charge on any atom is 0.254 e. The van der Waals surface area contributed by atoms with Crippen molar-refractivity contribution >= 4 is 22.6 Å². The summed E-state index contributed by atoms with van der Waals surface area (Å²) in [5.41, 5.74) is 3.06. The molecule has 37 heavy (non-hydrogen) atoms. The molecule has 2 unspecified atom stereocenters. The van der Waals surface area contributed by atoms with Crippen molar-refractivity contribution in [2.75, 3.05) is 26.0 Å². The summed E-state index contributed by atoms with van der Waals surface area (Å²) in [4.78, 5) is 29.4. The van der Waals surface area contributed by atoms with E-state index in [2.05, 4.69) is 44.4 Å². The Labute approximate surface area is 213 Å². The van der Waals surface area contributed by atoms with Crippen molar-refractivity contribution in [3.63, 3.8) is 0 Å². The number of hydrogen-bond acceptors (Lipinski definition) is 8. The molecule has 2 atom stereocenters. The number of benzene rings is 1. The largest absolute Gasteiger partial charge is 0.494 e. The zero-order chi connectivity index (χ0) is 26.5. The quantitative estimate of drug-likeness (QED) is 0.367. The molecule has 0 aliphatic carbocycles. The van der Waals surface area contributed by atoms with E-state index in [-0.39, 0.29) is 23.1 Å². The molecule has 188 valence electrons. The smallest absolute Gasteiger partial charge is 0.254 e. The summed E-state index contributed by atoms with van der Waals surface area (Å²) in [5, 5.41) is 15.5. The number of hydrogen-bond donors (Lipinski definition) is 2. The molecule has 3 heterocycles. The predicted molar refractivity (Wildman–Crippen MR) is 138 cm³/mol. The first kappa shape index (κ1) is 25.4. The van der Waals surface area contributed by atoms with Gasteiger partial charge in [-0.25, -0.2) is 19.3 Å². The number of halogens is 1. The number of anilines is 1. The number of nitrogens with one attached hydrogen (secondary N) is 2. The number of carbonyl (C=O) groups excluding carboxylic acids is 1. The fourth-order valence-electron chi connectivity index (χ4n) is 4.13. The second kappa shape index (κ2) is 11.0. The molecule has 0 saturated heterocycles. The average molecular weight is 500 g/mol. The van der Waals surface area contributed by atoms with Crippen LogP contribution in [0.2, 0.25) is 0 Å². The van der Waals surface area contributed by atoms with Crippen LogP contribution in [0, 0.1) is 23.1 Å². The van der Waals surface area contributed by atoms with E-state index in [0.29, 0.717) is 40.3 Å². The highest BCUT2D eigenvalue weighted by atomic mass is 19.1. The van der Waals surface area contributed by atoms with E-state index in [1.165, 1.54) is 20.5 Å². The van der Waals surface area contributed by atoms with Crippen LogP contribution in [0.4, 0.5) is 10.2 Å². The minimum absolute atomic E-state index is 0.00485. The van der Waals surface area contributed by atoms with Gasteiger partial charge < -0.3 is 15.4 Å². The normalized spacial score (nSPS) is 12.4. The Balaban J connectivity index is 1.54. The van der Waals surface area contributed by atoms with Crippen LogP contribution in [-0.4, -0.2) is 46.5 Å². The highest BCUT2D eigenvalue weighted by Crippen LogP contribution is 2.32. The van der Waals surface area contributed by atoms with E-state index in [4.69, 9.17) is 10.00 Å². The fourth-order valence-corrected chi connectivity index (χ4v) is 4.13. The molecule has 9 nitrogen and oxygen atoms in total. The monoisotopic (exact) mass is 499 g/mol. The van der Waals surface area contributed by atoms with Gasteiger partial charge in [0.2, 0.25) is 0 Å². The van der Waals surface area contributed by atoms with Crippen LogP contribution >= 0.6 is 0 Å². The van der Waals surface area contributed by atoms with Crippen molar-refractivity contribution in [1.29, 1.82) is 5.26 Å². The second-order valence-electron chi connectivity index (χ2n) is 8.63. The molecule has 1 aromatic carbocycles. The molecule has 0 fully saturated rings. The van der Waals surface area contributed by atoms with Crippen LogP contribution in [0.1, 0.15) is 41.4 Å². The summed E-state index contributed by atoms with van der Waals surface area (Å²) in [5.74, 6) is 0.0437. The van der Waals surface area contributed by atoms with E-state index in [1.54, 1.807) is 24.4 Å². The highest BCUT2D eigenvalue weighted by Gasteiger charge is 2.22. The topological polar surface area (TPSA) is 126 Å². The average Bonchev–Trinajstić information content (AvgIpc) is 2.94. The summed E-state index contributed by atoms with van der Waals surface area (Å²) < 4.78 is 19.7. The van der Waals surface area contributed by atoms with Gasteiger partial charge in [-0.1, -0.05) is 32.0 Å². The molecule has 0 saturated carbocycles. The van der Waals surface area contributed by atoms with E-state index < -0.39 is 11.7 Å². The number of nitriles is 1. The third kappa shape index (κ3) is 5.16.